The highest BCUT2D eigenvalue weighted by atomic mass is 35.5. The lowest BCUT2D eigenvalue weighted by atomic mass is 10.0. The van der Waals surface area contributed by atoms with E-state index in [2.05, 4.69) is 15.6 Å². The van der Waals surface area contributed by atoms with Gasteiger partial charge in [-0.1, -0.05) is 41.9 Å². The van der Waals surface area contributed by atoms with Crippen molar-refractivity contribution >= 4 is 23.4 Å². The van der Waals surface area contributed by atoms with Gasteiger partial charge in [0.25, 0.3) is 5.91 Å². The van der Waals surface area contributed by atoms with Gasteiger partial charge in [0.05, 0.1) is 5.02 Å². The molecule has 1 atom stereocenters. The van der Waals surface area contributed by atoms with Crippen LogP contribution in [-0.2, 0) is 11.2 Å². The predicted octanol–water partition coefficient (Wildman–Crippen LogP) is 2.29. The van der Waals surface area contributed by atoms with Crippen molar-refractivity contribution in [2.24, 2.45) is 0 Å². The van der Waals surface area contributed by atoms with Gasteiger partial charge in [-0.3, -0.25) is 9.59 Å². The van der Waals surface area contributed by atoms with Crippen molar-refractivity contribution < 1.29 is 9.59 Å². The summed E-state index contributed by atoms with van der Waals surface area (Å²) in [7, 11) is 0. The van der Waals surface area contributed by atoms with Gasteiger partial charge >= 0.3 is 0 Å². The van der Waals surface area contributed by atoms with Crippen molar-refractivity contribution in [2.45, 2.75) is 31.3 Å². The number of H-pyrrole nitrogens is 1. The molecule has 2 aromatic rings. The van der Waals surface area contributed by atoms with Crippen LogP contribution in [0.1, 0.15) is 28.9 Å². The molecule has 0 bridgehead atoms. The molecule has 1 aromatic carbocycles. The third-order valence-electron chi connectivity index (χ3n) is 3.72. The van der Waals surface area contributed by atoms with Crippen LogP contribution in [0.15, 0.2) is 42.6 Å². The average Bonchev–Trinajstić information content (AvgIpc) is 3.25. The second-order valence-electron chi connectivity index (χ2n) is 5.73. The number of halogens is 1. The molecule has 5 nitrogen and oxygen atoms in total. The van der Waals surface area contributed by atoms with Gasteiger partial charge in [0.15, 0.2) is 0 Å². The largest absolute Gasteiger partial charge is 0.356 e. The van der Waals surface area contributed by atoms with Crippen molar-refractivity contribution in [2.75, 3.05) is 0 Å². The molecule has 1 fully saturated rings. The minimum atomic E-state index is -0.618. The fraction of sp³-hybridized carbons (Fsp3) is 0.294. The van der Waals surface area contributed by atoms with Crippen LogP contribution in [-0.4, -0.2) is 28.9 Å². The van der Waals surface area contributed by atoms with Crippen molar-refractivity contribution in [3.63, 3.8) is 0 Å². The Labute approximate surface area is 139 Å². The lowest BCUT2D eigenvalue weighted by Crippen LogP contribution is -2.48. The first-order chi connectivity index (χ1) is 11.1. The molecule has 1 heterocycles. The van der Waals surface area contributed by atoms with Gasteiger partial charge in [-0.15, -0.1) is 0 Å². The highest BCUT2D eigenvalue weighted by molar-refractivity contribution is 6.31. The minimum absolute atomic E-state index is 0.151. The van der Waals surface area contributed by atoms with Gasteiger partial charge in [0.2, 0.25) is 5.91 Å². The molecular formula is C17H18ClN3O2. The molecule has 3 N–H and O–H groups in total. The molecule has 1 aromatic heterocycles. The first-order valence-electron chi connectivity index (χ1n) is 7.61. The minimum Gasteiger partial charge on any atom is -0.356 e. The molecule has 2 amide bonds. The van der Waals surface area contributed by atoms with E-state index < -0.39 is 6.04 Å². The van der Waals surface area contributed by atoms with Crippen molar-refractivity contribution in [1.29, 1.82) is 0 Å². The second kappa shape index (κ2) is 6.87. The zero-order valence-corrected chi connectivity index (χ0v) is 13.3. The fourth-order valence-electron chi connectivity index (χ4n) is 2.32. The number of benzene rings is 1. The molecule has 1 saturated carbocycles. The fourth-order valence-corrected chi connectivity index (χ4v) is 2.49. The summed E-state index contributed by atoms with van der Waals surface area (Å²) < 4.78 is 0. The molecule has 120 valence electrons. The van der Waals surface area contributed by atoms with Crippen LogP contribution in [0.2, 0.25) is 5.02 Å². The van der Waals surface area contributed by atoms with Gasteiger partial charge < -0.3 is 15.6 Å². The summed E-state index contributed by atoms with van der Waals surface area (Å²) in [5.74, 6) is -0.494. The summed E-state index contributed by atoms with van der Waals surface area (Å²) in [5, 5.41) is 6.19. The molecule has 3 rings (SSSR count). The van der Waals surface area contributed by atoms with E-state index in [0.29, 0.717) is 17.1 Å². The molecule has 0 unspecified atom stereocenters. The number of carbonyl (C=O) groups excluding carboxylic acids is 2. The van der Waals surface area contributed by atoms with E-state index in [1.54, 1.807) is 0 Å². The second-order valence-corrected chi connectivity index (χ2v) is 6.17. The smallest absolute Gasteiger partial charge is 0.268 e. The molecule has 0 aliphatic heterocycles. The summed E-state index contributed by atoms with van der Waals surface area (Å²) in [6, 6.07) is 10.8. The normalized spacial score (nSPS) is 15.0. The number of rotatable bonds is 6. The number of aromatic nitrogens is 1. The van der Waals surface area contributed by atoms with E-state index in [9.17, 15) is 9.59 Å². The van der Waals surface area contributed by atoms with E-state index in [1.807, 2.05) is 30.3 Å². The Bertz CT molecular complexity index is 695. The number of nitrogens with one attached hydrogen (secondary N) is 3. The third-order valence-corrected chi connectivity index (χ3v) is 3.94. The zero-order chi connectivity index (χ0) is 16.2. The topological polar surface area (TPSA) is 74.0 Å². The monoisotopic (exact) mass is 331 g/mol. The van der Waals surface area contributed by atoms with Gasteiger partial charge in [-0.05, 0) is 24.5 Å². The number of amides is 2. The lowest BCUT2D eigenvalue weighted by Gasteiger charge is -2.18. The SMILES string of the molecule is O=C(N[C@@H](Cc1ccccc1)C(=O)NC1CC1)c1cc(Cl)c[nH]1. The predicted molar refractivity (Wildman–Crippen MR) is 88.4 cm³/mol. The van der Waals surface area contributed by atoms with Crippen LogP contribution in [0.3, 0.4) is 0 Å². The van der Waals surface area contributed by atoms with Gasteiger partial charge in [-0.25, -0.2) is 0 Å². The van der Waals surface area contributed by atoms with Crippen molar-refractivity contribution in [3.05, 3.63) is 58.9 Å². The van der Waals surface area contributed by atoms with E-state index in [-0.39, 0.29) is 17.9 Å². The molecule has 1 aliphatic carbocycles. The molecule has 0 saturated heterocycles. The summed E-state index contributed by atoms with van der Waals surface area (Å²) in [5.41, 5.74) is 1.33. The highest BCUT2D eigenvalue weighted by Gasteiger charge is 2.28. The molecule has 0 spiro atoms. The first kappa shape index (κ1) is 15.6. The zero-order valence-electron chi connectivity index (χ0n) is 12.5. The molecule has 6 heteroatoms. The van der Waals surface area contributed by atoms with Gasteiger partial charge in [0.1, 0.15) is 11.7 Å². The Morgan fingerprint density at radius 1 is 1.26 bits per heavy atom. The lowest BCUT2D eigenvalue weighted by molar-refractivity contribution is -0.123. The maximum absolute atomic E-state index is 12.4. The number of hydrogen-bond donors (Lipinski definition) is 3. The quantitative estimate of drug-likeness (QED) is 0.759. The first-order valence-corrected chi connectivity index (χ1v) is 7.98. The summed E-state index contributed by atoms with van der Waals surface area (Å²) >= 11 is 5.82. The molecule has 23 heavy (non-hydrogen) atoms. The standard InChI is InChI=1S/C17H18ClN3O2/c18-12-9-14(19-10-12)16(22)21-15(17(23)20-13-6-7-13)8-11-4-2-1-3-5-11/h1-5,9-10,13,15,19H,6-8H2,(H,20,23)(H,21,22)/t15-/m0/s1. The van der Waals surface area contributed by atoms with Gasteiger partial charge in [-0.2, -0.15) is 0 Å². The van der Waals surface area contributed by atoms with E-state index >= 15 is 0 Å². The van der Waals surface area contributed by atoms with Crippen LogP contribution in [0.25, 0.3) is 0 Å². The Morgan fingerprint density at radius 2 is 2.00 bits per heavy atom. The van der Waals surface area contributed by atoms with Crippen LogP contribution in [0.5, 0.6) is 0 Å². The van der Waals surface area contributed by atoms with Crippen LogP contribution >= 0.6 is 11.6 Å². The Balaban J connectivity index is 1.71. The average molecular weight is 332 g/mol. The number of aromatic amines is 1. The maximum atomic E-state index is 12.4. The Kier molecular flexibility index (Phi) is 4.67. The summed E-state index contributed by atoms with van der Waals surface area (Å²) in [6.45, 7) is 0. The number of hydrogen-bond acceptors (Lipinski definition) is 2. The van der Waals surface area contributed by atoms with E-state index in [4.69, 9.17) is 11.6 Å². The Morgan fingerprint density at radius 3 is 2.61 bits per heavy atom. The van der Waals surface area contributed by atoms with Crippen molar-refractivity contribution in [1.82, 2.24) is 15.6 Å². The Hall–Kier alpha value is -2.27. The van der Waals surface area contributed by atoms with Gasteiger partial charge in [0, 0.05) is 18.7 Å². The molecule has 1 aliphatic rings. The van der Waals surface area contributed by atoms with Crippen LogP contribution in [0, 0.1) is 0 Å². The molecule has 0 radical (unpaired) electrons. The maximum Gasteiger partial charge on any atom is 0.268 e. The van der Waals surface area contributed by atoms with E-state index in [1.165, 1.54) is 12.3 Å². The molecular weight excluding hydrogens is 314 g/mol. The van der Waals surface area contributed by atoms with Crippen LogP contribution in [0.4, 0.5) is 0 Å². The van der Waals surface area contributed by atoms with Crippen LogP contribution < -0.4 is 10.6 Å². The summed E-state index contributed by atoms with van der Waals surface area (Å²) in [4.78, 5) is 27.5. The van der Waals surface area contributed by atoms with Crippen molar-refractivity contribution in [3.8, 4) is 0 Å². The highest BCUT2D eigenvalue weighted by Crippen LogP contribution is 2.19. The van der Waals surface area contributed by atoms with E-state index in [0.717, 1.165) is 18.4 Å². The third kappa shape index (κ3) is 4.36. The summed E-state index contributed by atoms with van der Waals surface area (Å²) in [6.07, 6.45) is 3.99. The number of carbonyl (C=O) groups is 2.